The first kappa shape index (κ1) is 14.4. The highest BCUT2D eigenvalue weighted by molar-refractivity contribution is 5.78. The minimum Gasteiger partial charge on any atom is -0.352 e. The fourth-order valence-corrected chi connectivity index (χ4v) is 1.33. The van der Waals surface area contributed by atoms with E-state index in [0.29, 0.717) is 12.5 Å². The molecule has 90 valence electrons. The van der Waals surface area contributed by atoms with Crippen molar-refractivity contribution in [1.82, 2.24) is 5.32 Å². The van der Waals surface area contributed by atoms with Crippen LogP contribution in [-0.2, 0) is 4.79 Å². The fraction of sp³-hybridized carbons (Fsp3) is 0.917. The lowest BCUT2D eigenvalue weighted by molar-refractivity contribution is -0.126. The SMILES string of the molecule is CCCC[C@@H](CN)NC(=O)C(C)C(C)C. The van der Waals surface area contributed by atoms with E-state index in [1.54, 1.807) is 0 Å². The van der Waals surface area contributed by atoms with Crippen LogP contribution in [0.1, 0.15) is 47.0 Å². The molecule has 15 heavy (non-hydrogen) atoms. The molecule has 0 bridgehead atoms. The van der Waals surface area contributed by atoms with E-state index in [0.717, 1.165) is 19.3 Å². The first-order valence-corrected chi connectivity index (χ1v) is 6.03. The molecule has 3 nitrogen and oxygen atoms in total. The molecule has 0 aromatic heterocycles. The number of rotatable bonds is 7. The van der Waals surface area contributed by atoms with Gasteiger partial charge in [-0.3, -0.25) is 4.79 Å². The van der Waals surface area contributed by atoms with Crippen molar-refractivity contribution in [2.75, 3.05) is 6.54 Å². The quantitative estimate of drug-likeness (QED) is 0.680. The van der Waals surface area contributed by atoms with Gasteiger partial charge in [-0.05, 0) is 12.3 Å². The highest BCUT2D eigenvalue weighted by Gasteiger charge is 2.18. The van der Waals surface area contributed by atoms with E-state index in [2.05, 4.69) is 26.1 Å². The number of carbonyl (C=O) groups excluding carboxylic acids is 1. The molecule has 0 aromatic carbocycles. The minimum absolute atomic E-state index is 0.0701. The van der Waals surface area contributed by atoms with Crippen molar-refractivity contribution in [3.05, 3.63) is 0 Å². The molecule has 1 unspecified atom stereocenters. The number of nitrogens with one attached hydrogen (secondary N) is 1. The predicted octanol–water partition coefficient (Wildman–Crippen LogP) is 1.91. The third-order valence-corrected chi connectivity index (χ3v) is 2.95. The van der Waals surface area contributed by atoms with Crippen molar-refractivity contribution < 1.29 is 4.79 Å². The third kappa shape index (κ3) is 5.78. The molecule has 0 aliphatic heterocycles. The van der Waals surface area contributed by atoms with E-state index in [4.69, 9.17) is 5.73 Å². The maximum Gasteiger partial charge on any atom is 0.223 e. The zero-order valence-electron chi connectivity index (χ0n) is 10.5. The smallest absolute Gasteiger partial charge is 0.223 e. The highest BCUT2D eigenvalue weighted by Crippen LogP contribution is 2.10. The van der Waals surface area contributed by atoms with Crippen LogP contribution in [0.5, 0.6) is 0 Å². The number of unbranched alkanes of at least 4 members (excludes halogenated alkanes) is 1. The van der Waals surface area contributed by atoms with E-state index in [1.807, 2.05) is 6.92 Å². The molecule has 0 aliphatic rings. The Morgan fingerprint density at radius 1 is 1.33 bits per heavy atom. The van der Waals surface area contributed by atoms with Gasteiger partial charge < -0.3 is 11.1 Å². The summed E-state index contributed by atoms with van der Waals surface area (Å²) in [6.45, 7) is 8.78. The lowest BCUT2D eigenvalue weighted by Gasteiger charge is -2.21. The van der Waals surface area contributed by atoms with Gasteiger partial charge in [0.15, 0.2) is 0 Å². The second kappa shape index (κ2) is 7.69. The summed E-state index contributed by atoms with van der Waals surface area (Å²) in [5, 5.41) is 3.02. The number of amides is 1. The van der Waals surface area contributed by atoms with Gasteiger partial charge in [0.1, 0.15) is 0 Å². The van der Waals surface area contributed by atoms with E-state index < -0.39 is 0 Å². The van der Waals surface area contributed by atoms with Gasteiger partial charge in [-0.1, -0.05) is 40.5 Å². The molecule has 0 heterocycles. The van der Waals surface area contributed by atoms with Gasteiger partial charge in [0, 0.05) is 18.5 Å². The maximum atomic E-state index is 11.8. The first-order valence-electron chi connectivity index (χ1n) is 6.03. The maximum absolute atomic E-state index is 11.8. The topological polar surface area (TPSA) is 55.1 Å². The molecular formula is C12H26N2O. The van der Waals surface area contributed by atoms with E-state index in [9.17, 15) is 4.79 Å². The Balaban J connectivity index is 4.00. The average molecular weight is 214 g/mol. The minimum atomic E-state index is 0.0701. The zero-order chi connectivity index (χ0) is 11.8. The summed E-state index contributed by atoms with van der Waals surface area (Å²) in [6, 6.07) is 0.152. The standard InChI is InChI=1S/C12H26N2O/c1-5-6-7-11(8-13)14-12(15)10(4)9(2)3/h9-11H,5-8,13H2,1-4H3,(H,14,15)/t10?,11-/m0/s1. The molecule has 0 radical (unpaired) electrons. The summed E-state index contributed by atoms with van der Waals surface area (Å²) >= 11 is 0. The lowest BCUT2D eigenvalue weighted by Crippen LogP contribution is -2.43. The molecule has 0 aliphatic carbocycles. The van der Waals surface area contributed by atoms with Crippen molar-refractivity contribution in [2.24, 2.45) is 17.6 Å². The van der Waals surface area contributed by atoms with Crippen LogP contribution in [0.15, 0.2) is 0 Å². The van der Waals surface area contributed by atoms with Gasteiger partial charge >= 0.3 is 0 Å². The highest BCUT2D eigenvalue weighted by atomic mass is 16.1. The Bertz CT molecular complexity index is 180. The largest absolute Gasteiger partial charge is 0.352 e. The second-order valence-electron chi connectivity index (χ2n) is 4.62. The number of carbonyl (C=O) groups is 1. The van der Waals surface area contributed by atoms with Crippen molar-refractivity contribution in [3.8, 4) is 0 Å². The van der Waals surface area contributed by atoms with Gasteiger partial charge in [-0.15, -0.1) is 0 Å². The summed E-state index contributed by atoms with van der Waals surface area (Å²) in [5.74, 6) is 0.590. The Kier molecular flexibility index (Phi) is 7.39. The molecule has 0 rings (SSSR count). The van der Waals surface area contributed by atoms with Crippen molar-refractivity contribution in [3.63, 3.8) is 0 Å². The van der Waals surface area contributed by atoms with Gasteiger partial charge in [0.2, 0.25) is 5.91 Å². The van der Waals surface area contributed by atoms with Crippen LogP contribution in [0.2, 0.25) is 0 Å². The molecule has 0 aromatic rings. The van der Waals surface area contributed by atoms with Crippen LogP contribution < -0.4 is 11.1 Å². The van der Waals surface area contributed by atoms with Gasteiger partial charge in [0.05, 0.1) is 0 Å². The summed E-state index contributed by atoms with van der Waals surface area (Å²) in [7, 11) is 0. The predicted molar refractivity (Wildman–Crippen MR) is 64.5 cm³/mol. The van der Waals surface area contributed by atoms with E-state index >= 15 is 0 Å². The molecule has 0 saturated heterocycles. The molecule has 0 saturated carbocycles. The lowest BCUT2D eigenvalue weighted by atomic mass is 9.96. The Morgan fingerprint density at radius 2 is 1.93 bits per heavy atom. The van der Waals surface area contributed by atoms with Crippen LogP contribution in [0.4, 0.5) is 0 Å². The average Bonchev–Trinajstić information content (AvgIpc) is 2.22. The van der Waals surface area contributed by atoms with Crippen LogP contribution in [0, 0.1) is 11.8 Å². The Hall–Kier alpha value is -0.570. The van der Waals surface area contributed by atoms with Gasteiger partial charge in [-0.2, -0.15) is 0 Å². The summed E-state index contributed by atoms with van der Waals surface area (Å²) in [6.07, 6.45) is 3.26. The first-order chi connectivity index (χ1) is 7.02. The second-order valence-corrected chi connectivity index (χ2v) is 4.62. The number of nitrogens with two attached hydrogens (primary N) is 1. The molecule has 0 fully saturated rings. The van der Waals surface area contributed by atoms with Crippen LogP contribution >= 0.6 is 0 Å². The van der Waals surface area contributed by atoms with E-state index in [-0.39, 0.29) is 17.9 Å². The van der Waals surface area contributed by atoms with Crippen molar-refractivity contribution in [1.29, 1.82) is 0 Å². The molecule has 3 N–H and O–H groups in total. The molecule has 2 atom stereocenters. The van der Waals surface area contributed by atoms with Crippen LogP contribution in [0.25, 0.3) is 0 Å². The van der Waals surface area contributed by atoms with E-state index in [1.165, 1.54) is 0 Å². The summed E-state index contributed by atoms with van der Waals surface area (Å²) in [4.78, 5) is 11.8. The normalized spacial score (nSPS) is 15.1. The molecule has 1 amide bonds. The Labute approximate surface area is 93.8 Å². The number of hydrogen-bond acceptors (Lipinski definition) is 2. The third-order valence-electron chi connectivity index (χ3n) is 2.95. The van der Waals surface area contributed by atoms with Gasteiger partial charge in [-0.25, -0.2) is 0 Å². The molecular weight excluding hydrogens is 188 g/mol. The molecule has 3 heteroatoms. The number of hydrogen-bond donors (Lipinski definition) is 2. The summed E-state index contributed by atoms with van der Waals surface area (Å²) in [5.41, 5.74) is 5.62. The van der Waals surface area contributed by atoms with Crippen LogP contribution in [-0.4, -0.2) is 18.5 Å². The summed E-state index contributed by atoms with van der Waals surface area (Å²) < 4.78 is 0. The monoisotopic (exact) mass is 214 g/mol. The van der Waals surface area contributed by atoms with Crippen molar-refractivity contribution in [2.45, 2.75) is 53.0 Å². The van der Waals surface area contributed by atoms with Crippen molar-refractivity contribution >= 4 is 5.91 Å². The van der Waals surface area contributed by atoms with Crippen LogP contribution in [0.3, 0.4) is 0 Å². The fourth-order valence-electron chi connectivity index (χ4n) is 1.33. The molecule has 0 spiro atoms. The zero-order valence-corrected chi connectivity index (χ0v) is 10.5. The Morgan fingerprint density at radius 3 is 2.33 bits per heavy atom. The van der Waals surface area contributed by atoms with Gasteiger partial charge in [0.25, 0.3) is 0 Å².